The van der Waals surface area contributed by atoms with Crippen LogP contribution in [0, 0.1) is 5.82 Å². The number of halogens is 4. The van der Waals surface area contributed by atoms with Crippen LogP contribution in [0.2, 0.25) is 0 Å². The smallest absolute Gasteiger partial charge is 0.275 e. The number of nitrogens with zero attached hydrogens (tertiary/aromatic N) is 1. The number of pyridine rings is 1. The molecule has 1 aromatic rings. The lowest BCUT2D eigenvalue weighted by molar-refractivity contribution is 0.107. The number of hydrogen-bond donors (Lipinski definition) is 0. The zero-order valence-electron chi connectivity index (χ0n) is 6.10. The van der Waals surface area contributed by atoms with Gasteiger partial charge in [0, 0.05) is 12.3 Å². The van der Waals surface area contributed by atoms with Gasteiger partial charge in [-0.25, -0.2) is 13.2 Å². The fourth-order valence-electron chi connectivity index (χ4n) is 0.710. The molecule has 0 saturated carbocycles. The first-order valence-electron chi connectivity index (χ1n) is 3.16. The van der Waals surface area contributed by atoms with Crippen LogP contribution >= 0.6 is 11.6 Å². The first-order chi connectivity index (χ1) is 6.02. The van der Waals surface area contributed by atoms with Gasteiger partial charge in [0.2, 0.25) is 0 Å². The molecule has 0 aliphatic rings. The predicted molar refractivity (Wildman–Crippen MR) is 39.3 cm³/mol. The molecule has 0 aliphatic heterocycles. The fraction of sp³-hybridized carbons (Fsp3) is 0.143. The van der Waals surface area contributed by atoms with Crippen molar-refractivity contribution in [1.82, 2.24) is 4.98 Å². The predicted octanol–water partition coefficient (Wildman–Crippen LogP) is 2.54. The van der Waals surface area contributed by atoms with Gasteiger partial charge in [-0.2, -0.15) is 0 Å². The maximum atomic E-state index is 12.8. The standard InChI is InChI=1S/C7H3ClF3NO/c8-6(13)3-2-12-5(7(10)11)1-4(3)9/h1-2,7H. The van der Waals surface area contributed by atoms with Gasteiger partial charge < -0.3 is 0 Å². The molecule has 0 N–H and O–H groups in total. The van der Waals surface area contributed by atoms with E-state index in [1.54, 1.807) is 0 Å². The third-order valence-electron chi connectivity index (χ3n) is 1.31. The molecule has 0 saturated heterocycles. The minimum absolute atomic E-state index is 0.486. The molecule has 6 heteroatoms. The van der Waals surface area contributed by atoms with Crippen LogP contribution in [0.3, 0.4) is 0 Å². The molecule has 1 heterocycles. The van der Waals surface area contributed by atoms with Crippen molar-refractivity contribution in [1.29, 1.82) is 0 Å². The second kappa shape index (κ2) is 3.74. The Labute approximate surface area is 76.3 Å². The largest absolute Gasteiger partial charge is 0.280 e. The molecule has 0 radical (unpaired) electrons. The molecule has 0 aliphatic carbocycles. The third kappa shape index (κ3) is 2.18. The highest BCUT2D eigenvalue weighted by atomic mass is 35.5. The number of aromatic nitrogens is 1. The van der Waals surface area contributed by atoms with Gasteiger partial charge in [0.05, 0.1) is 5.56 Å². The molecule has 1 rings (SSSR count). The Kier molecular flexibility index (Phi) is 2.87. The molecule has 0 spiro atoms. The van der Waals surface area contributed by atoms with E-state index in [2.05, 4.69) is 4.98 Å². The van der Waals surface area contributed by atoms with E-state index in [0.29, 0.717) is 12.3 Å². The molecule has 0 amide bonds. The number of rotatable bonds is 2. The van der Waals surface area contributed by atoms with Gasteiger partial charge in [-0.05, 0) is 11.6 Å². The van der Waals surface area contributed by atoms with E-state index in [9.17, 15) is 18.0 Å². The summed E-state index contributed by atoms with van der Waals surface area (Å²) in [6.45, 7) is 0. The first kappa shape index (κ1) is 9.98. The summed E-state index contributed by atoms with van der Waals surface area (Å²) in [6, 6.07) is 0.486. The van der Waals surface area contributed by atoms with Crippen molar-refractivity contribution in [3.05, 3.63) is 29.3 Å². The molecule has 0 fully saturated rings. The Balaban J connectivity index is 3.13. The minimum atomic E-state index is -2.87. The van der Waals surface area contributed by atoms with Crippen LogP contribution in [0.1, 0.15) is 22.5 Å². The molecule has 0 unspecified atom stereocenters. The SMILES string of the molecule is O=C(Cl)c1cnc(C(F)F)cc1F. The van der Waals surface area contributed by atoms with E-state index in [1.165, 1.54) is 0 Å². The van der Waals surface area contributed by atoms with E-state index in [-0.39, 0.29) is 0 Å². The number of alkyl halides is 2. The van der Waals surface area contributed by atoms with Crippen LogP contribution in [0.4, 0.5) is 13.2 Å². The monoisotopic (exact) mass is 209 g/mol. The van der Waals surface area contributed by atoms with Gasteiger partial charge in [0.15, 0.2) is 0 Å². The highest BCUT2D eigenvalue weighted by molar-refractivity contribution is 6.67. The maximum Gasteiger partial charge on any atom is 0.280 e. The Bertz CT molecular complexity index is 343. The minimum Gasteiger partial charge on any atom is -0.275 e. The van der Waals surface area contributed by atoms with E-state index in [1.807, 2.05) is 0 Å². The zero-order valence-corrected chi connectivity index (χ0v) is 6.86. The van der Waals surface area contributed by atoms with Crippen LogP contribution in [-0.4, -0.2) is 10.2 Å². The fourth-order valence-corrected chi connectivity index (χ4v) is 0.849. The summed E-state index contributed by atoms with van der Waals surface area (Å²) in [5.41, 5.74) is -1.23. The van der Waals surface area contributed by atoms with Crippen LogP contribution in [0.15, 0.2) is 12.3 Å². The summed E-state index contributed by atoms with van der Waals surface area (Å²) >= 11 is 4.93. The van der Waals surface area contributed by atoms with Gasteiger partial charge in [-0.3, -0.25) is 9.78 Å². The van der Waals surface area contributed by atoms with Crippen LogP contribution in [0.25, 0.3) is 0 Å². The summed E-state index contributed by atoms with van der Waals surface area (Å²) in [5, 5.41) is -1.06. The maximum absolute atomic E-state index is 12.8. The molecular weight excluding hydrogens is 207 g/mol. The van der Waals surface area contributed by atoms with E-state index >= 15 is 0 Å². The van der Waals surface area contributed by atoms with Gasteiger partial charge in [0.25, 0.3) is 11.7 Å². The number of hydrogen-bond acceptors (Lipinski definition) is 2. The summed E-state index contributed by atoms with van der Waals surface area (Å²) in [7, 11) is 0. The quantitative estimate of drug-likeness (QED) is 0.701. The molecule has 0 aromatic carbocycles. The van der Waals surface area contributed by atoms with E-state index < -0.39 is 28.7 Å². The van der Waals surface area contributed by atoms with Gasteiger partial charge >= 0.3 is 0 Å². The number of carbonyl (C=O) groups is 1. The third-order valence-corrected chi connectivity index (χ3v) is 1.51. The molecule has 2 nitrogen and oxygen atoms in total. The van der Waals surface area contributed by atoms with Crippen molar-refractivity contribution in [2.45, 2.75) is 6.43 Å². The first-order valence-corrected chi connectivity index (χ1v) is 3.53. The summed E-state index contributed by atoms with van der Waals surface area (Å²) in [4.78, 5) is 13.6. The lowest BCUT2D eigenvalue weighted by Crippen LogP contribution is -1.99. The average Bonchev–Trinajstić information content (AvgIpc) is 2.03. The normalized spacial score (nSPS) is 10.5. The summed E-state index contributed by atoms with van der Waals surface area (Å²) in [6.07, 6.45) is -2.18. The molecule has 13 heavy (non-hydrogen) atoms. The number of carbonyl (C=O) groups excluding carboxylic acids is 1. The van der Waals surface area contributed by atoms with Crippen LogP contribution in [-0.2, 0) is 0 Å². The Morgan fingerprint density at radius 1 is 1.54 bits per heavy atom. The van der Waals surface area contributed by atoms with Crippen LogP contribution < -0.4 is 0 Å². The molecule has 0 atom stereocenters. The molecule has 70 valence electrons. The second-order valence-corrected chi connectivity index (χ2v) is 2.51. The summed E-state index contributed by atoms with van der Waals surface area (Å²) in [5.74, 6) is -1.09. The van der Waals surface area contributed by atoms with Crippen LogP contribution in [0.5, 0.6) is 0 Å². The molecule has 1 aromatic heterocycles. The highest BCUT2D eigenvalue weighted by Crippen LogP contribution is 2.18. The summed E-state index contributed by atoms with van der Waals surface area (Å²) < 4.78 is 36.6. The van der Waals surface area contributed by atoms with E-state index in [0.717, 1.165) is 0 Å². The van der Waals surface area contributed by atoms with Gasteiger partial charge in [-0.15, -0.1) is 0 Å². The molecular formula is C7H3ClF3NO. The van der Waals surface area contributed by atoms with Crippen molar-refractivity contribution in [3.8, 4) is 0 Å². The molecule has 0 bridgehead atoms. The van der Waals surface area contributed by atoms with Gasteiger partial charge in [0.1, 0.15) is 11.5 Å². The van der Waals surface area contributed by atoms with Gasteiger partial charge in [-0.1, -0.05) is 0 Å². The Morgan fingerprint density at radius 2 is 2.15 bits per heavy atom. The highest BCUT2D eigenvalue weighted by Gasteiger charge is 2.15. The van der Waals surface area contributed by atoms with E-state index in [4.69, 9.17) is 11.6 Å². The Morgan fingerprint density at radius 3 is 2.54 bits per heavy atom. The van der Waals surface area contributed by atoms with Crippen molar-refractivity contribution in [2.24, 2.45) is 0 Å². The average molecular weight is 210 g/mol. The van der Waals surface area contributed by atoms with Crippen molar-refractivity contribution in [3.63, 3.8) is 0 Å². The van der Waals surface area contributed by atoms with Crippen molar-refractivity contribution < 1.29 is 18.0 Å². The lowest BCUT2D eigenvalue weighted by Gasteiger charge is -2.00. The van der Waals surface area contributed by atoms with Crippen molar-refractivity contribution >= 4 is 16.8 Å². The van der Waals surface area contributed by atoms with Crippen molar-refractivity contribution in [2.75, 3.05) is 0 Å². The Hall–Kier alpha value is -1.10. The topological polar surface area (TPSA) is 30.0 Å². The zero-order chi connectivity index (χ0) is 10.0. The second-order valence-electron chi connectivity index (χ2n) is 2.16. The lowest BCUT2D eigenvalue weighted by atomic mass is 10.2.